The van der Waals surface area contributed by atoms with Gasteiger partial charge in [0.2, 0.25) is 0 Å². The van der Waals surface area contributed by atoms with Crippen LogP contribution in [-0.2, 0) is 0 Å². The molecule has 1 N–H and O–H groups in total. The van der Waals surface area contributed by atoms with E-state index in [2.05, 4.69) is 12.4 Å². The maximum atomic E-state index is 3.46. The van der Waals surface area contributed by atoms with E-state index in [0.29, 0.717) is 0 Å². The minimum atomic E-state index is 0.898. The van der Waals surface area contributed by atoms with Crippen LogP contribution in [0.4, 0.5) is 0 Å². The average Bonchev–Trinajstić information content (AvgIpc) is 2.43. The molecule has 62 valence electrons. The molecule has 2 unspecified atom stereocenters. The second kappa shape index (κ2) is 2.01. The quantitative estimate of drug-likeness (QED) is 0.600. The summed E-state index contributed by atoms with van der Waals surface area (Å²) >= 11 is 0. The van der Waals surface area contributed by atoms with E-state index in [9.17, 15) is 0 Å². The summed E-state index contributed by atoms with van der Waals surface area (Å²) < 4.78 is 0. The largest absolute Gasteiger partial charge is 0.317 e. The van der Waals surface area contributed by atoms with Crippen LogP contribution in [0.15, 0.2) is 0 Å². The van der Waals surface area contributed by atoms with Gasteiger partial charge in [-0.05, 0) is 56.4 Å². The van der Waals surface area contributed by atoms with Crippen LogP contribution in [0.1, 0.15) is 25.7 Å². The molecule has 0 aromatic rings. The number of hydrogen-bond donors (Lipinski definition) is 1. The van der Waals surface area contributed by atoms with Crippen molar-refractivity contribution < 1.29 is 0 Å². The first-order chi connectivity index (χ1) is 5.40. The van der Waals surface area contributed by atoms with Crippen molar-refractivity contribution in [1.82, 2.24) is 5.32 Å². The van der Waals surface area contributed by atoms with Gasteiger partial charge in [-0.2, -0.15) is 0 Å². The Morgan fingerprint density at radius 3 is 2.64 bits per heavy atom. The maximum Gasteiger partial charge on any atom is 0.0101 e. The van der Waals surface area contributed by atoms with Crippen LogP contribution in [0.3, 0.4) is 0 Å². The number of fused-ring (bicyclic) bond motifs is 5. The Bertz CT molecular complexity index is 176. The summed E-state index contributed by atoms with van der Waals surface area (Å²) in [4.78, 5) is 0. The van der Waals surface area contributed by atoms with Gasteiger partial charge < -0.3 is 5.32 Å². The molecular formula is C10H17N. The van der Waals surface area contributed by atoms with Crippen molar-refractivity contribution in [2.24, 2.45) is 23.7 Å². The molecule has 0 amide bonds. The SMILES string of the molecule is CN[C@@H]1C[C@@H]2C3CCC(C3)[C@@H]21. The summed E-state index contributed by atoms with van der Waals surface area (Å²) in [7, 11) is 2.13. The summed E-state index contributed by atoms with van der Waals surface area (Å²) in [6.45, 7) is 0. The van der Waals surface area contributed by atoms with E-state index in [1.165, 1.54) is 6.42 Å². The summed E-state index contributed by atoms with van der Waals surface area (Å²) in [5.74, 6) is 4.51. The third-order valence-corrected chi connectivity index (χ3v) is 4.52. The molecule has 5 atom stereocenters. The monoisotopic (exact) mass is 151 g/mol. The highest BCUT2D eigenvalue weighted by molar-refractivity contribution is 5.08. The molecule has 3 aliphatic carbocycles. The first kappa shape index (κ1) is 6.47. The van der Waals surface area contributed by atoms with Crippen LogP contribution >= 0.6 is 0 Å². The van der Waals surface area contributed by atoms with Crippen molar-refractivity contribution >= 4 is 0 Å². The van der Waals surface area contributed by atoms with Gasteiger partial charge in [-0.3, -0.25) is 0 Å². The molecule has 0 aliphatic heterocycles. The third kappa shape index (κ3) is 0.658. The number of nitrogens with one attached hydrogen (secondary N) is 1. The summed E-state index contributed by atoms with van der Waals surface area (Å²) in [5.41, 5.74) is 0. The topological polar surface area (TPSA) is 12.0 Å². The van der Waals surface area contributed by atoms with Gasteiger partial charge in [-0.1, -0.05) is 0 Å². The Morgan fingerprint density at radius 2 is 1.91 bits per heavy atom. The zero-order valence-corrected chi connectivity index (χ0v) is 7.22. The molecule has 0 saturated heterocycles. The number of hydrogen-bond acceptors (Lipinski definition) is 1. The second-order valence-electron chi connectivity index (χ2n) is 4.71. The summed E-state index contributed by atoms with van der Waals surface area (Å²) in [5, 5.41) is 3.46. The standard InChI is InChI=1S/C10H17N/c1-11-9-5-8-6-2-3-7(4-6)10(8)9/h6-11H,2-5H2,1H3/t6?,7?,8-,9-,10+/m1/s1. The van der Waals surface area contributed by atoms with Gasteiger partial charge >= 0.3 is 0 Å². The average molecular weight is 151 g/mol. The van der Waals surface area contributed by atoms with Crippen LogP contribution in [0.25, 0.3) is 0 Å². The van der Waals surface area contributed by atoms with Crippen molar-refractivity contribution in [2.75, 3.05) is 7.05 Å². The molecule has 1 heteroatoms. The molecule has 3 saturated carbocycles. The van der Waals surface area contributed by atoms with Gasteiger partial charge in [0.25, 0.3) is 0 Å². The Labute approximate surface area is 68.6 Å². The van der Waals surface area contributed by atoms with E-state index in [0.717, 1.165) is 29.7 Å². The fraction of sp³-hybridized carbons (Fsp3) is 1.00. The molecule has 0 aromatic carbocycles. The molecule has 3 rings (SSSR count). The van der Waals surface area contributed by atoms with E-state index in [1.807, 2.05) is 0 Å². The first-order valence-corrected chi connectivity index (χ1v) is 5.07. The van der Waals surface area contributed by atoms with Crippen LogP contribution in [-0.4, -0.2) is 13.1 Å². The van der Waals surface area contributed by atoms with Gasteiger partial charge in [0, 0.05) is 6.04 Å². The van der Waals surface area contributed by atoms with Gasteiger partial charge in [0.15, 0.2) is 0 Å². The van der Waals surface area contributed by atoms with Crippen LogP contribution in [0.5, 0.6) is 0 Å². The Kier molecular flexibility index (Phi) is 1.18. The van der Waals surface area contributed by atoms with Crippen LogP contribution in [0.2, 0.25) is 0 Å². The highest BCUT2D eigenvalue weighted by Gasteiger charge is 2.56. The highest BCUT2D eigenvalue weighted by atomic mass is 14.9. The van der Waals surface area contributed by atoms with E-state index in [4.69, 9.17) is 0 Å². The van der Waals surface area contributed by atoms with Crippen molar-refractivity contribution in [2.45, 2.75) is 31.7 Å². The summed E-state index contributed by atoms with van der Waals surface area (Å²) in [6, 6.07) is 0.898. The molecule has 11 heavy (non-hydrogen) atoms. The van der Waals surface area contributed by atoms with E-state index >= 15 is 0 Å². The molecule has 3 fully saturated rings. The zero-order chi connectivity index (χ0) is 7.42. The van der Waals surface area contributed by atoms with E-state index < -0.39 is 0 Å². The lowest BCUT2D eigenvalue weighted by atomic mass is 9.62. The van der Waals surface area contributed by atoms with Gasteiger partial charge in [0.05, 0.1) is 0 Å². The molecule has 0 heterocycles. The molecule has 0 radical (unpaired) electrons. The van der Waals surface area contributed by atoms with E-state index in [-0.39, 0.29) is 0 Å². The fourth-order valence-electron chi connectivity index (χ4n) is 4.00. The third-order valence-electron chi connectivity index (χ3n) is 4.52. The number of rotatable bonds is 1. The predicted molar refractivity (Wildman–Crippen MR) is 45.3 cm³/mol. The Morgan fingerprint density at radius 1 is 1.09 bits per heavy atom. The van der Waals surface area contributed by atoms with E-state index in [1.54, 1.807) is 19.3 Å². The van der Waals surface area contributed by atoms with Crippen LogP contribution < -0.4 is 5.32 Å². The van der Waals surface area contributed by atoms with Crippen molar-refractivity contribution in [3.63, 3.8) is 0 Å². The molecule has 0 aromatic heterocycles. The van der Waals surface area contributed by atoms with Crippen LogP contribution in [0, 0.1) is 23.7 Å². The molecule has 1 nitrogen and oxygen atoms in total. The zero-order valence-electron chi connectivity index (χ0n) is 7.22. The fourth-order valence-corrected chi connectivity index (χ4v) is 4.00. The predicted octanol–water partition coefficient (Wildman–Crippen LogP) is 1.64. The normalized spacial score (nSPS) is 59.2. The highest BCUT2D eigenvalue weighted by Crippen LogP contribution is 2.60. The minimum Gasteiger partial charge on any atom is -0.317 e. The Hall–Kier alpha value is -0.0400. The van der Waals surface area contributed by atoms with Gasteiger partial charge in [-0.25, -0.2) is 0 Å². The minimum absolute atomic E-state index is 0.898. The maximum absolute atomic E-state index is 3.46. The van der Waals surface area contributed by atoms with Crippen molar-refractivity contribution in [3.05, 3.63) is 0 Å². The lowest BCUT2D eigenvalue weighted by molar-refractivity contribution is 0.0543. The molecule has 2 bridgehead atoms. The Balaban J connectivity index is 1.80. The van der Waals surface area contributed by atoms with Gasteiger partial charge in [0.1, 0.15) is 0 Å². The first-order valence-electron chi connectivity index (χ1n) is 5.07. The lowest BCUT2D eigenvalue weighted by Gasteiger charge is -2.47. The molecule has 3 aliphatic rings. The smallest absolute Gasteiger partial charge is 0.0101 e. The van der Waals surface area contributed by atoms with Crippen molar-refractivity contribution in [3.8, 4) is 0 Å². The lowest BCUT2D eigenvalue weighted by Crippen LogP contribution is -2.51. The van der Waals surface area contributed by atoms with Gasteiger partial charge in [-0.15, -0.1) is 0 Å². The second-order valence-corrected chi connectivity index (χ2v) is 4.71. The van der Waals surface area contributed by atoms with Crippen molar-refractivity contribution in [1.29, 1.82) is 0 Å². The summed E-state index contributed by atoms with van der Waals surface area (Å²) in [6.07, 6.45) is 6.17. The molecular weight excluding hydrogens is 134 g/mol. The molecule has 0 spiro atoms.